The molecule has 1 aliphatic rings. The molecule has 4 heterocycles. The standard InChI is InChI=1S/C31H29FN8O2/c1-40(2)16-29(41)36-22-7-18(13-34-15-22)19-9-26-30(38-39-31(26)35-14-19)28-12-25-24(5-4-21(33)11-27(25)37-28)17-6-20(32)10-23(8-17)42-3/h4-10,12-15,37H,11,16,33H2,1-3H3,(H,36,41)(H,35,38,39). The number of allylic oxidation sites excluding steroid dienone is 3. The summed E-state index contributed by atoms with van der Waals surface area (Å²) in [5.41, 5.74) is 14.5. The second-order valence-corrected chi connectivity index (χ2v) is 10.4. The van der Waals surface area contributed by atoms with E-state index >= 15 is 0 Å². The summed E-state index contributed by atoms with van der Waals surface area (Å²) in [6.07, 6.45) is 9.29. The monoisotopic (exact) mass is 564 g/mol. The van der Waals surface area contributed by atoms with Gasteiger partial charge in [0.2, 0.25) is 5.91 Å². The van der Waals surface area contributed by atoms with Crippen LogP contribution >= 0.6 is 0 Å². The predicted molar refractivity (Wildman–Crippen MR) is 160 cm³/mol. The van der Waals surface area contributed by atoms with Crippen LogP contribution in [0.25, 0.3) is 39.1 Å². The number of fused-ring (bicyclic) bond motifs is 2. The highest BCUT2D eigenvalue weighted by Gasteiger charge is 2.21. The molecule has 5 N–H and O–H groups in total. The quantitative estimate of drug-likeness (QED) is 0.228. The summed E-state index contributed by atoms with van der Waals surface area (Å²) < 4.78 is 19.7. The van der Waals surface area contributed by atoms with E-state index in [4.69, 9.17) is 10.5 Å². The number of aromatic amines is 2. The number of carbonyl (C=O) groups is 1. The van der Waals surface area contributed by atoms with E-state index in [0.29, 0.717) is 34.8 Å². The first-order valence-corrected chi connectivity index (χ1v) is 13.3. The van der Waals surface area contributed by atoms with Gasteiger partial charge in [0.1, 0.15) is 11.6 Å². The summed E-state index contributed by atoms with van der Waals surface area (Å²) >= 11 is 0. The van der Waals surface area contributed by atoms with Crippen molar-refractivity contribution >= 4 is 28.2 Å². The van der Waals surface area contributed by atoms with Crippen LogP contribution in [0.2, 0.25) is 0 Å². The first kappa shape index (κ1) is 26.9. The highest BCUT2D eigenvalue weighted by atomic mass is 19.1. The first-order valence-electron chi connectivity index (χ1n) is 13.3. The van der Waals surface area contributed by atoms with E-state index in [2.05, 4.69) is 30.5 Å². The third-order valence-corrected chi connectivity index (χ3v) is 6.95. The van der Waals surface area contributed by atoms with Gasteiger partial charge in [-0.1, -0.05) is 6.08 Å². The minimum absolute atomic E-state index is 0.128. The number of benzene rings is 1. The minimum atomic E-state index is -0.391. The van der Waals surface area contributed by atoms with E-state index in [1.165, 1.54) is 19.2 Å². The number of aromatic nitrogens is 5. The van der Waals surface area contributed by atoms with Gasteiger partial charge in [0.15, 0.2) is 5.65 Å². The molecule has 11 heteroatoms. The van der Waals surface area contributed by atoms with Gasteiger partial charge in [0, 0.05) is 58.3 Å². The van der Waals surface area contributed by atoms with E-state index < -0.39 is 5.82 Å². The highest BCUT2D eigenvalue weighted by molar-refractivity contribution is 5.95. The molecule has 42 heavy (non-hydrogen) atoms. The molecule has 0 radical (unpaired) electrons. The Morgan fingerprint density at radius 1 is 1.07 bits per heavy atom. The summed E-state index contributed by atoms with van der Waals surface area (Å²) in [7, 11) is 5.18. The third kappa shape index (κ3) is 5.37. The van der Waals surface area contributed by atoms with Crippen molar-refractivity contribution in [1.29, 1.82) is 0 Å². The number of anilines is 1. The summed E-state index contributed by atoms with van der Waals surface area (Å²) in [6.45, 7) is 0.265. The van der Waals surface area contributed by atoms with Crippen LogP contribution < -0.4 is 15.8 Å². The molecule has 1 aliphatic carbocycles. The largest absolute Gasteiger partial charge is 0.497 e. The maximum Gasteiger partial charge on any atom is 0.238 e. The number of nitrogens with two attached hydrogens (primary N) is 1. The second-order valence-electron chi connectivity index (χ2n) is 10.4. The Balaban J connectivity index is 1.38. The predicted octanol–water partition coefficient (Wildman–Crippen LogP) is 4.49. The summed E-state index contributed by atoms with van der Waals surface area (Å²) in [5.74, 6) is -0.0899. The number of rotatable bonds is 7. The number of nitrogens with zero attached hydrogens (tertiary/aromatic N) is 4. The normalized spacial score (nSPS) is 13.0. The fourth-order valence-electron chi connectivity index (χ4n) is 5.06. The van der Waals surface area contributed by atoms with Crippen LogP contribution in [-0.2, 0) is 11.2 Å². The van der Waals surface area contributed by atoms with Gasteiger partial charge in [-0.05, 0) is 61.6 Å². The van der Waals surface area contributed by atoms with Crippen LogP contribution in [0.15, 0.2) is 72.8 Å². The minimum Gasteiger partial charge on any atom is -0.497 e. The molecular formula is C31H29FN8O2. The second kappa shape index (κ2) is 10.9. The molecule has 6 rings (SSSR count). The van der Waals surface area contributed by atoms with Crippen molar-refractivity contribution in [2.24, 2.45) is 5.73 Å². The lowest BCUT2D eigenvalue weighted by Crippen LogP contribution is -2.27. The lowest BCUT2D eigenvalue weighted by Gasteiger charge is -2.10. The average molecular weight is 565 g/mol. The molecule has 10 nitrogen and oxygen atoms in total. The highest BCUT2D eigenvalue weighted by Crippen LogP contribution is 2.37. The number of nitrogens with one attached hydrogen (secondary N) is 3. The first-order chi connectivity index (χ1) is 20.3. The van der Waals surface area contributed by atoms with E-state index in [-0.39, 0.29) is 12.5 Å². The topological polar surface area (TPSA) is 138 Å². The molecule has 0 saturated heterocycles. The fraction of sp³-hybridized carbons (Fsp3) is 0.161. The Hall–Kier alpha value is -5.29. The number of pyridine rings is 2. The van der Waals surface area contributed by atoms with Crippen molar-refractivity contribution in [1.82, 2.24) is 30.0 Å². The van der Waals surface area contributed by atoms with Gasteiger partial charge in [-0.2, -0.15) is 5.10 Å². The molecule has 0 atom stereocenters. The SMILES string of the molecule is COc1cc(F)cc(C2=CC=C(N)Cc3[nH]c(-c4[nH]nc5ncc(-c6cncc(NC(=O)CN(C)C)c6)cc45)cc32)c1. The smallest absolute Gasteiger partial charge is 0.238 e. The van der Waals surface area contributed by atoms with Crippen molar-refractivity contribution in [3.05, 3.63) is 95.5 Å². The number of likely N-dealkylation sites (N-methyl/N-ethyl adjacent to an activating group) is 1. The van der Waals surface area contributed by atoms with Crippen LogP contribution in [0, 0.1) is 5.82 Å². The number of methoxy groups -OCH3 is 1. The molecule has 0 aliphatic heterocycles. The van der Waals surface area contributed by atoms with E-state index in [1.54, 1.807) is 29.6 Å². The number of amides is 1. The van der Waals surface area contributed by atoms with Crippen molar-refractivity contribution in [2.75, 3.05) is 33.1 Å². The zero-order valence-corrected chi connectivity index (χ0v) is 23.3. The molecular weight excluding hydrogens is 535 g/mol. The van der Waals surface area contributed by atoms with Gasteiger partial charge >= 0.3 is 0 Å². The van der Waals surface area contributed by atoms with Crippen molar-refractivity contribution < 1.29 is 13.9 Å². The summed E-state index contributed by atoms with van der Waals surface area (Å²) in [4.78, 5) is 26.4. The van der Waals surface area contributed by atoms with Crippen molar-refractivity contribution in [3.8, 4) is 28.3 Å². The van der Waals surface area contributed by atoms with Crippen LogP contribution in [0.5, 0.6) is 5.75 Å². The van der Waals surface area contributed by atoms with E-state index in [9.17, 15) is 9.18 Å². The Morgan fingerprint density at radius 3 is 2.71 bits per heavy atom. The van der Waals surface area contributed by atoms with Gasteiger partial charge < -0.3 is 25.7 Å². The summed E-state index contributed by atoms with van der Waals surface area (Å²) in [6, 6.07) is 10.5. The van der Waals surface area contributed by atoms with Gasteiger partial charge in [-0.15, -0.1) is 0 Å². The molecule has 5 aromatic rings. The van der Waals surface area contributed by atoms with Gasteiger partial charge in [-0.25, -0.2) is 9.37 Å². The Morgan fingerprint density at radius 2 is 1.90 bits per heavy atom. The molecule has 1 amide bonds. The van der Waals surface area contributed by atoms with Crippen LogP contribution in [0.4, 0.5) is 10.1 Å². The van der Waals surface area contributed by atoms with Gasteiger partial charge in [0.25, 0.3) is 0 Å². The maximum absolute atomic E-state index is 14.4. The molecule has 212 valence electrons. The molecule has 0 saturated carbocycles. The average Bonchev–Trinajstić information content (AvgIpc) is 3.52. The van der Waals surface area contributed by atoms with Crippen LogP contribution in [-0.4, -0.2) is 63.7 Å². The Bertz CT molecular complexity index is 1890. The van der Waals surface area contributed by atoms with Crippen molar-refractivity contribution in [2.45, 2.75) is 6.42 Å². The van der Waals surface area contributed by atoms with E-state index in [0.717, 1.165) is 44.7 Å². The van der Waals surface area contributed by atoms with Gasteiger partial charge in [-0.3, -0.25) is 14.9 Å². The molecule has 1 aromatic carbocycles. The van der Waals surface area contributed by atoms with Gasteiger partial charge in [0.05, 0.1) is 36.9 Å². The number of halogens is 1. The van der Waals surface area contributed by atoms with Crippen LogP contribution in [0.3, 0.4) is 0 Å². The lowest BCUT2D eigenvalue weighted by atomic mass is 9.97. The number of hydrogen-bond acceptors (Lipinski definition) is 7. The summed E-state index contributed by atoms with van der Waals surface area (Å²) in [5, 5.41) is 11.2. The zero-order valence-electron chi connectivity index (χ0n) is 23.3. The number of carbonyl (C=O) groups excluding carboxylic acids is 1. The molecule has 4 aromatic heterocycles. The Kier molecular flexibility index (Phi) is 7.01. The van der Waals surface area contributed by atoms with Crippen molar-refractivity contribution in [3.63, 3.8) is 0 Å². The molecule has 0 fully saturated rings. The Labute approximate surface area is 241 Å². The fourth-order valence-corrected chi connectivity index (χ4v) is 5.06. The van der Waals surface area contributed by atoms with E-state index in [1.807, 2.05) is 44.4 Å². The molecule has 0 spiro atoms. The third-order valence-electron chi connectivity index (χ3n) is 6.95. The number of ether oxygens (including phenoxy) is 1. The molecule has 0 bridgehead atoms. The molecule has 0 unspecified atom stereocenters. The number of H-pyrrole nitrogens is 2. The van der Waals surface area contributed by atoms with Crippen LogP contribution in [0.1, 0.15) is 16.8 Å². The zero-order chi connectivity index (χ0) is 29.4. The number of hydrogen-bond donors (Lipinski definition) is 4. The lowest BCUT2D eigenvalue weighted by molar-refractivity contribution is -0.116. The maximum atomic E-state index is 14.4.